The van der Waals surface area contributed by atoms with E-state index in [1.54, 1.807) is 23.1 Å². The number of para-hydroxylation sites is 1. The second-order valence-corrected chi connectivity index (χ2v) is 10.0. The van der Waals surface area contributed by atoms with Crippen molar-refractivity contribution >= 4 is 61.9 Å². The molecule has 0 aliphatic carbocycles. The first kappa shape index (κ1) is 19.9. The van der Waals surface area contributed by atoms with Crippen molar-refractivity contribution in [1.82, 2.24) is 4.98 Å². The summed E-state index contributed by atoms with van der Waals surface area (Å²) in [6.45, 7) is 4.37. The van der Waals surface area contributed by atoms with Crippen LogP contribution in [0.5, 0.6) is 0 Å². The molecule has 148 valence electrons. The van der Waals surface area contributed by atoms with Crippen molar-refractivity contribution in [2.45, 2.75) is 18.7 Å². The van der Waals surface area contributed by atoms with E-state index in [2.05, 4.69) is 19.2 Å². The van der Waals surface area contributed by atoms with Gasteiger partial charge in [-0.25, -0.2) is 4.98 Å². The number of nitrogens with one attached hydrogen (secondary N) is 1. The summed E-state index contributed by atoms with van der Waals surface area (Å²) in [7, 11) is 0. The molecule has 0 aliphatic rings. The number of amides is 1. The summed E-state index contributed by atoms with van der Waals surface area (Å²) in [6.07, 6.45) is 0. The molecule has 7 heteroatoms. The van der Waals surface area contributed by atoms with Gasteiger partial charge in [-0.1, -0.05) is 32.0 Å². The highest BCUT2D eigenvalue weighted by Crippen LogP contribution is 2.36. The molecule has 1 aromatic carbocycles. The molecule has 0 aliphatic heterocycles. The lowest BCUT2D eigenvalue weighted by atomic mass is 10.2. The zero-order valence-electron chi connectivity index (χ0n) is 16.1. The number of carbonyl (C=O) groups excluding carboxylic acids is 1. The molecule has 0 bridgehead atoms. The number of hydrogen-bond donors (Lipinski definition) is 2. The number of carbonyl (C=O) groups is 1. The third-order valence-electron chi connectivity index (χ3n) is 4.28. The van der Waals surface area contributed by atoms with Gasteiger partial charge in [-0.3, -0.25) is 4.79 Å². The largest absolute Gasteiger partial charge is 0.397 e. The molecule has 0 saturated carbocycles. The van der Waals surface area contributed by atoms with Crippen LogP contribution in [0, 0.1) is 5.92 Å². The number of thiophene rings is 2. The summed E-state index contributed by atoms with van der Waals surface area (Å²) in [4.78, 5) is 21.2. The molecule has 3 aromatic heterocycles. The van der Waals surface area contributed by atoms with Gasteiger partial charge in [0.2, 0.25) is 0 Å². The third-order valence-corrected chi connectivity index (χ3v) is 7.79. The van der Waals surface area contributed by atoms with Crippen LogP contribution in [0.25, 0.3) is 20.8 Å². The first-order chi connectivity index (χ1) is 14.0. The van der Waals surface area contributed by atoms with E-state index >= 15 is 0 Å². The number of aromatic nitrogens is 1. The number of nitrogens with two attached hydrogens (primary N) is 1. The Hall–Kier alpha value is -2.35. The van der Waals surface area contributed by atoms with Gasteiger partial charge >= 0.3 is 0 Å². The summed E-state index contributed by atoms with van der Waals surface area (Å²) in [5, 5.41) is 5.89. The van der Waals surface area contributed by atoms with Gasteiger partial charge in [0.25, 0.3) is 5.91 Å². The lowest BCUT2D eigenvalue weighted by Gasteiger charge is -2.11. The Kier molecular flexibility index (Phi) is 5.89. The molecule has 0 radical (unpaired) electrons. The Morgan fingerprint density at radius 3 is 2.76 bits per heavy atom. The zero-order chi connectivity index (χ0) is 20.4. The average molecular weight is 440 g/mol. The van der Waals surface area contributed by atoms with Crippen LogP contribution in [-0.2, 0) is 0 Å². The molecular weight excluding hydrogens is 418 g/mol. The topological polar surface area (TPSA) is 68.0 Å². The first-order valence-corrected chi connectivity index (χ1v) is 12.0. The van der Waals surface area contributed by atoms with Crippen LogP contribution in [0.4, 0.5) is 11.4 Å². The highest BCUT2D eigenvalue weighted by Gasteiger charge is 2.19. The van der Waals surface area contributed by atoms with E-state index in [0.29, 0.717) is 16.5 Å². The maximum absolute atomic E-state index is 13.0. The fourth-order valence-corrected chi connectivity index (χ4v) is 5.51. The molecule has 4 aromatic rings. The van der Waals surface area contributed by atoms with Crippen LogP contribution in [0.15, 0.2) is 58.8 Å². The molecule has 0 saturated heterocycles. The number of fused-ring (bicyclic) bond motifs is 1. The molecule has 0 fully saturated rings. The average Bonchev–Trinajstić information content (AvgIpc) is 3.35. The van der Waals surface area contributed by atoms with Gasteiger partial charge in [0.05, 0.1) is 21.9 Å². The van der Waals surface area contributed by atoms with Gasteiger partial charge < -0.3 is 11.1 Å². The molecule has 29 heavy (non-hydrogen) atoms. The number of thioether (sulfide) groups is 1. The van der Waals surface area contributed by atoms with Crippen molar-refractivity contribution in [3.8, 4) is 10.6 Å². The number of nitrogens with zero attached hydrogens (tertiary/aromatic N) is 1. The van der Waals surface area contributed by atoms with Gasteiger partial charge in [-0.05, 0) is 41.6 Å². The molecular formula is C22H21N3OS3. The van der Waals surface area contributed by atoms with Gasteiger partial charge in [-0.2, -0.15) is 0 Å². The minimum Gasteiger partial charge on any atom is -0.397 e. The fourth-order valence-electron chi connectivity index (χ4n) is 2.86. The second-order valence-electron chi connectivity index (χ2n) is 7.03. The predicted octanol–water partition coefficient (Wildman–Crippen LogP) is 6.61. The molecule has 4 nitrogen and oxygen atoms in total. The number of nitrogen functional groups attached to an aromatic ring is 1. The minimum absolute atomic E-state index is 0.194. The normalized spacial score (nSPS) is 11.3. The first-order valence-electron chi connectivity index (χ1n) is 9.29. The Labute approximate surface area is 182 Å². The van der Waals surface area contributed by atoms with Crippen LogP contribution in [0.1, 0.15) is 23.5 Å². The standard InChI is InChI=1S/C22H21N3OS3/c1-13(2)12-28-18-7-4-3-6-15(18)24-21(26)20-19(23)14-9-10-16(25-22(14)29-20)17-8-5-11-27-17/h3-11,13H,12,23H2,1-2H3,(H,24,26). The van der Waals surface area contributed by atoms with Crippen LogP contribution >= 0.6 is 34.4 Å². The summed E-state index contributed by atoms with van der Waals surface area (Å²) < 4.78 is 0. The van der Waals surface area contributed by atoms with E-state index in [-0.39, 0.29) is 5.91 Å². The lowest BCUT2D eigenvalue weighted by Crippen LogP contribution is -2.12. The third kappa shape index (κ3) is 4.32. The van der Waals surface area contributed by atoms with Gasteiger partial charge in [-0.15, -0.1) is 34.4 Å². The van der Waals surface area contributed by atoms with Crippen molar-refractivity contribution in [2.75, 3.05) is 16.8 Å². The minimum atomic E-state index is -0.194. The van der Waals surface area contributed by atoms with Gasteiger partial charge in [0.1, 0.15) is 9.71 Å². The van der Waals surface area contributed by atoms with Crippen molar-refractivity contribution < 1.29 is 4.79 Å². The van der Waals surface area contributed by atoms with Crippen molar-refractivity contribution in [3.63, 3.8) is 0 Å². The number of pyridine rings is 1. The molecule has 4 rings (SSSR count). The number of benzene rings is 1. The van der Waals surface area contributed by atoms with Crippen molar-refractivity contribution in [1.29, 1.82) is 0 Å². The van der Waals surface area contributed by atoms with Crippen LogP contribution in [0.3, 0.4) is 0 Å². The highest BCUT2D eigenvalue weighted by atomic mass is 32.2. The Morgan fingerprint density at radius 1 is 1.17 bits per heavy atom. The Bertz CT molecular complexity index is 1150. The van der Waals surface area contributed by atoms with E-state index in [0.717, 1.165) is 37.1 Å². The van der Waals surface area contributed by atoms with E-state index in [9.17, 15) is 4.79 Å². The number of hydrogen-bond acceptors (Lipinski definition) is 6. The van der Waals surface area contributed by atoms with E-state index in [4.69, 9.17) is 10.7 Å². The van der Waals surface area contributed by atoms with Crippen LogP contribution in [-0.4, -0.2) is 16.6 Å². The number of anilines is 2. The van der Waals surface area contributed by atoms with E-state index in [1.807, 2.05) is 53.9 Å². The number of rotatable bonds is 6. The van der Waals surface area contributed by atoms with E-state index in [1.165, 1.54) is 11.3 Å². The SMILES string of the molecule is CC(C)CSc1ccccc1NC(=O)c1sc2nc(-c3cccs3)ccc2c1N. The quantitative estimate of drug-likeness (QED) is 0.332. The van der Waals surface area contributed by atoms with Gasteiger partial charge in [0, 0.05) is 16.0 Å². The Balaban J connectivity index is 1.62. The predicted molar refractivity (Wildman–Crippen MR) is 127 cm³/mol. The smallest absolute Gasteiger partial charge is 0.267 e. The summed E-state index contributed by atoms with van der Waals surface area (Å²) in [5.41, 5.74) is 8.50. The summed E-state index contributed by atoms with van der Waals surface area (Å²) in [6, 6.07) is 15.8. The second kappa shape index (κ2) is 8.57. The van der Waals surface area contributed by atoms with Gasteiger partial charge in [0.15, 0.2) is 0 Å². The maximum Gasteiger partial charge on any atom is 0.267 e. The molecule has 0 spiro atoms. The Morgan fingerprint density at radius 2 is 2.00 bits per heavy atom. The summed E-state index contributed by atoms with van der Waals surface area (Å²) in [5.74, 6) is 1.37. The summed E-state index contributed by atoms with van der Waals surface area (Å²) >= 11 is 4.73. The van der Waals surface area contributed by atoms with Crippen molar-refractivity contribution in [2.24, 2.45) is 5.92 Å². The van der Waals surface area contributed by atoms with Crippen LogP contribution in [0.2, 0.25) is 0 Å². The monoisotopic (exact) mass is 439 g/mol. The van der Waals surface area contributed by atoms with E-state index < -0.39 is 0 Å². The molecule has 1 amide bonds. The van der Waals surface area contributed by atoms with Crippen LogP contribution < -0.4 is 11.1 Å². The highest BCUT2D eigenvalue weighted by molar-refractivity contribution is 7.99. The zero-order valence-corrected chi connectivity index (χ0v) is 18.6. The molecule has 0 unspecified atom stereocenters. The lowest BCUT2D eigenvalue weighted by molar-refractivity contribution is 0.103. The molecule has 0 atom stereocenters. The molecule has 3 N–H and O–H groups in total. The van der Waals surface area contributed by atoms with Crippen molar-refractivity contribution in [3.05, 3.63) is 58.8 Å². The maximum atomic E-state index is 13.0. The molecule has 3 heterocycles. The fraction of sp³-hybridized carbons (Fsp3) is 0.182.